The van der Waals surface area contributed by atoms with Crippen LogP contribution in [-0.4, -0.2) is 0 Å². The van der Waals surface area contributed by atoms with E-state index in [1.165, 1.54) is 24.1 Å². The van der Waals surface area contributed by atoms with Crippen LogP contribution in [-0.2, 0) is 0 Å². The van der Waals surface area contributed by atoms with Gasteiger partial charge in [-0.25, -0.2) is 0 Å². The first-order valence-electron chi connectivity index (χ1n) is 8.25. The van der Waals surface area contributed by atoms with Gasteiger partial charge in [0.15, 0.2) is 0 Å². The van der Waals surface area contributed by atoms with Crippen LogP contribution in [0.4, 0.5) is 0 Å². The van der Waals surface area contributed by atoms with Gasteiger partial charge in [-0.05, 0) is 35.4 Å². The van der Waals surface area contributed by atoms with E-state index in [0.29, 0.717) is 0 Å². The summed E-state index contributed by atoms with van der Waals surface area (Å²) in [5.41, 5.74) is 0. The molecule has 0 fully saturated rings. The predicted octanol–water partition coefficient (Wildman–Crippen LogP) is 5.71. The minimum atomic E-state index is -0.446. The Morgan fingerprint density at radius 3 is 0.960 bits per heavy atom. The van der Waals surface area contributed by atoms with Crippen LogP contribution < -0.4 is 15.9 Å². The maximum absolute atomic E-state index is 2.23. The van der Waals surface area contributed by atoms with Gasteiger partial charge in [-0.15, -0.1) is 0 Å². The van der Waals surface area contributed by atoms with Gasteiger partial charge in [-0.3, -0.25) is 0 Å². The lowest BCUT2D eigenvalue weighted by atomic mass is 10.4. The summed E-state index contributed by atoms with van der Waals surface area (Å²) in [6, 6.07) is 38.4. The minimum absolute atomic E-state index is 0.446. The Morgan fingerprint density at radius 2 is 0.720 bits per heavy atom. The molecule has 0 saturated carbocycles. The Morgan fingerprint density at radius 1 is 0.400 bits per heavy atom. The lowest BCUT2D eigenvalue weighted by Crippen LogP contribution is -2.20. The van der Waals surface area contributed by atoms with Gasteiger partial charge in [-0.2, -0.15) is 0 Å². The van der Waals surface area contributed by atoms with E-state index < -0.39 is 7.92 Å². The lowest BCUT2D eigenvalue weighted by Gasteiger charge is -2.18. The highest BCUT2D eigenvalue weighted by Gasteiger charge is 2.14. The molecular weight excluding hydrogens is 338 g/mol. The van der Waals surface area contributed by atoms with E-state index in [1.807, 2.05) is 18.2 Å². The smallest absolute Gasteiger partial charge is 0.0134 e. The Hall–Kier alpha value is -2.26. The van der Waals surface area contributed by atoms with Crippen molar-refractivity contribution in [2.75, 3.05) is 0 Å². The maximum Gasteiger partial charge on any atom is -0.0134 e. The summed E-state index contributed by atoms with van der Waals surface area (Å²) < 4.78 is 0. The summed E-state index contributed by atoms with van der Waals surface area (Å²) in [4.78, 5) is 0. The third-order valence-corrected chi connectivity index (χ3v) is 6.74. The van der Waals surface area contributed by atoms with Crippen molar-refractivity contribution >= 4 is 32.0 Å². The van der Waals surface area contributed by atoms with Crippen molar-refractivity contribution in [3.63, 3.8) is 0 Å². The summed E-state index contributed by atoms with van der Waals surface area (Å²) in [5, 5.41) is 4.19. The molecule has 25 heavy (non-hydrogen) atoms. The van der Waals surface area contributed by atoms with Crippen LogP contribution in [0.15, 0.2) is 121 Å². The Kier molecular flexibility index (Phi) is 6.95. The van der Waals surface area contributed by atoms with E-state index in [1.54, 1.807) is 0 Å². The van der Waals surface area contributed by atoms with Crippen LogP contribution in [0.25, 0.3) is 0 Å². The van der Waals surface area contributed by atoms with Crippen molar-refractivity contribution in [3.05, 3.63) is 121 Å². The fourth-order valence-corrected chi connectivity index (χ4v) is 5.29. The molecule has 122 valence electrons. The second kappa shape index (κ2) is 9.90. The van der Waals surface area contributed by atoms with Gasteiger partial charge >= 0.3 is 0 Å². The normalized spacial score (nSPS) is 9.96. The summed E-state index contributed by atoms with van der Waals surface area (Å²) in [7, 11) is 0.860. The van der Waals surface area contributed by atoms with Crippen LogP contribution in [0.3, 0.4) is 0 Å². The predicted molar refractivity (Wildman–Crippen MR) is 114 cm³/mol. The molecule has 0 unspecified atom stereocenters. The molecule has 0 aliphatic heterocycles. The molecule has 3 aromatic carbocycles. The molecule has 0 bridgehead atoms. The van der Waals surface area contributed by atoms with Gasteiger partial charge in [0.2, 0.25) is 0 Å². The maximum atomic E-state index is 2.23. The largest absolute Gasteiger partial charge is 0.0765 e. The van der Waals surface area contributed by atoms with E-state index in [0.717, 1.165) is 0 Å². The molecule has 4 aromatic rings. The number of rotatable bonds is 3. The number of benzene rings is 3. The van der Waals surface area contributed by atoms with Gasteiger partial charge in [0.25, 0.3) is 0 Å². The summed E-state index contributed by atoms with van der Waals surface area (Å²) in [6.07, 6.45) is 0. The second-order valence-electron chi connectivity index (χ2n) is 5.37. The Bertz CT molecular complexity index is 711. The van der Waals surface area contributed by atoms with Gasteiger partial charge in [0.05, 0.1) is 0 Å². The summed E-state index contributed by atoms with van der Waals surface area (Å²) in [6.45, 7) is 0. The zero-order valence-corrected chi connectivity index (χ0v) is 15.7. The zero-order chi connectivity index (χ0) is 17.2. The standard InChI is InChI=1S/C18H15P.C5H5P/c1-4-10-16(11-5-1)19(17-12-6-2-7-13-17)18-14-8-3-9-15-18;1-2-4-6-5-3-1/h1-15H;1-5H. The minimum Gasteiger partial charge on any atom is -0.0765 e. The van der Waals surface area contributed by atoms with Crippen LogP contribution in [0, 0.1) is 0 Å². The average molecular weight is 358 g/mol. The molecule has 0 amide bonds. The van der Waals surface area contributed by atoms with Crippen LogP contribution in [0.5, 0.6) is 0 Å². The molecule has 4 rings (SSSR count). The second-order valence-corrected chi connectivity index (χ2v) is 8.48. The molecule has 0 radical (unpaired) electrons. The monoisotopic (exact) mass is 358 g/mol. The molecule has 1 heterocycles. The molecule has 0 atom stereocenters. The molecule has 0 aliphatic rings. The first-order valence-corrected chi connectivity index (χ1v) is 10.6. The summed E-state index contributed by atoms with van der Waals surface area (Å²) in [5.74, 6) is 4.19. The topological polar surface area (TPSA) is 0 Å². The third-order valence-electron chi connectivity index (χ3n) is 3.61. The molecule has 0 spiro atoms. The van der Waals surface area contributed by atoms with Crippen molar-refractivity contribution in [2.24, 2.45) is 0 Å². The van der Waals surface area contributed by atoms with E-state index >= 15 is 0 Å². The van der Waals surface area contributed by atoms with E-state index in [4.69, 9.17) is 0 Å². The van der Waals surface area contributed by atoms with E-state index in [-0.39, 0.29) is 0 Å². The first kappa shape index (κ1) is 17.6. The molecule has 2 heteroatoms. The van der Waals surface area contributed by atoms with Crippen LogP contribution in [0.2, 0.25) is 0 Å². The van der Waals surface area contributed by atoms with Gasteiger partial charge < -0.3 is 0 Å². The molecule has 0 aliphatic carbocycles. The quantitative estimate of drug-likeness (QED) is 0.412. The third kappa shape index (κ3) is 5.36. The SMILES string of the molecule is c1ccc(P(c2ccccc2)c2ccccc2)cc1.c1ccpcc1. The highest BCUT2D eigenvalue weighted by molar-refractivity contribution is 7.79. The van der Waals surface area contributed by atoms with Crippen molar-refractivity contribution in [3.8, 4) is 0 Å². The van der Waals surface area contributed by atoms with Gasteiger partial charge in [0, 0.05) is 0 Å². The average Bonchev–Trinajstić information content (AvgIpc) is 2.72. The fraction of sp³-hybridized carbons (Fsp3) is 0. The molecule has 0 N–H and O–H groups in total. The highest BCUT2D eigenvalue weighted by atomic mass is 31.1. The molecule has 0 saturated heterocycles. The van der Waals surface area contributed by atoms with Gasteiger partial charge in [0.1, 0.15) is 0 Å². The lowest BCUT2D eigenvalue weighted by molar-refractivity contribution is 1.74. The van der Waals surface area contributed by atoms with Gasteiger partial charge in [-0.1, -0.05) is 117 Å². The molecule has 1 aromatic heterocycles. The Labute approximate surface area is 153 Å². The van der Waals surface area contributed by atoms with E-state index in [9.17, 15) is 0 Å². The first-order chi connectivity index (χ1) is 12.4. The molecular formula is C23H20P2. The summed E-state index contributed by atoms with van der Waals surface area (Å²) >= 11 is 0. The number of hydrogen-bond donors (Lipinski definition) is 0. The van der Waals surface area contributed by atoms with Crippen molar-refractivity contribution < 1.29 is 0 Å². The Balaban J connectivity index is 0.000000258. The highest BCUT2D eigenvalue weighted by Crippen LogP contribution is 2.32. The van der Waals surface area contributed by atoms with Crippen LogP contribution >= 0.6 is 16.1 Å². The molecule has 0 nitrogen and oxygen atoms in total. The fourth-order valence-electron chi connectivity index (χ4n) is 2.49. The van der Waals surface area contributed by atoms with Crippen molar-refractivity contribution in [1.82, 2.24) is 0 Å². The van der Waals surface area contributed by atoms with Crippen molar-refractivity contribution in [1.29, 1.82) is 0 Å². The van der Waals surface area contributed by atoms with Crippen molar-refractivity contribution in [2.45, 2.75) is 0 Å². The zero-order valence-electron chi connectivity index (χ0n) is 13.9. The number of hydrogen-bond acceptors (Lipinski definition) is 0. The van der Waals surface area contributed by atoms with E-state index in [2.05, 4.69) is 103 Å². The van der Waals surface area contributed by atoms with Crippen LogP contribution in [0.1, 0.15) is 0 Å².